The molecule has 0 unspecified atom stereocenters. The van der Waals surface area contributed by atoms with Crippen LogP contribution in [0.1, 0.15) is 15.9 Å². The van der Waals surface area contributed by atoms with Crippen LogP contribution in [0.4, 0.5) is 5.69 Å². The number of carbonyl (C=O) groups excluding carboxylic acids is 3. The van der Waals surface area contributed by atoms with Crippen molar-refractivity contribution in [3.8, 4) is 16.9 Å². The number of rotatable bonds is 8. The molecular formula is C26H21N5O4. The molecule has 0 aliphatic rings. The van der Waals surface area contributed by atoms with Crippen molar-refractivity contribution in [3.63, 3.8) is 0 Å². The molecule has 0 bridgehead atoms. The number of nitrogens with zero attached hydrogens (tertiary/aromatic N) is 3. The predicted molar refractivity (Wildman–Crippen MR) is 130 cm³/mol. The molecule has 0 spiro atoms. The van der Waals surface area contributed by atoms with E-state index in [1.807, 2.05) is 36.4 Å². The molecule has 0 atom stereocenters. The molecule has 4 aromatic rings. The predicted octanol–water partition coefficient (Wildman–Crippen LogP) is 3.23. The van der Waals surface area contributed by atoms with E-state index in [1.54, 1.807) is 35.4 Å². The van der Waals surface area contributed by atoms with Crippen molar-refractivity contribution >= 4 is 29.5 Å². The van der Waals surface area contributed by atoms with Crippen LogP contribution < -0.4 is 11.1 Å². The number of pyridine rings is 1. The minimum absolute atomic E-state index is 0.320. The highest BCUT2D eigenvalue weighted by molar-refractivity contribution is 5.96. The summed E-state index contributed by atoms with van der Waals surface area (Å²) in [5.74, 6) is -1.77. The van der Waals surface area contributed by atoms with Gasteiger partial charge >= 0.3 is 5.97 Å². The van der Waals surface area contributed by atoms with Crippen LogP contribution in [0.5, 0.6) is 0 Å². The van der Waals surface area contributed by atoms with Crippen LogP contribution in [0.25, 0.3) is 23.0 Å². The number of ether oxygens (including phenoxy) is 1. The number of nitrogens with two attached hydrogens (primary N) is 1. The first-order chi connectivity index (χ1) is 17.0. The van der Waals surface area contributed by atoms with Gasteiger partial charge in [0.05, 0.1) is 5.69 Å². The molecule has 0 saturated carbocycles. The van der Waals surface area contributed by atoms with E-state index in [0.29, 0.717) is 22.5 Å². The van der Waals surface area contributed by atoms with Gasteiger partial charge in [0, 0.05) is 47.0 Å². The lowest BCUT2D eigenvalue weighted by Gasteiger charge is -2.06. The first-order valence-corrected chi connectivity index (χ1v) is 10.6. The number of nitrogens with one attached hydrogen (secondary N) is 1. The molecule has 0 aliphatic heterocycles. The van der Waals surface area contributed by atoms with Crippen molar-refractivity contribution in [1.82, 2.24) is 14.8 Å². The van der Waals surface area contributed by atoms with E-state index in [-0.39, 0.29) is 0 Å². The number of benzene rings is 2. The van der Waals surface area contributed by atoms with Crippen molar-refractivity contribution in [2.45, 2.75) is 0 Å². The Morgan fingerprint density at radius 1 is 1.00 bits per heavy atom. The number of anilines is 1. The van der Waals surface area contributed by atoms with Crippen LogP contribution in [0.2, 0.25) is 0 Å². The summed E-state index contributed by atoms with van der Waals surface area (Å²) < 4.78 is 6.76. The van der Waals surface area contributed by atoms with Crippen molar-refractivity contribution < 1.29 is 19.1 Å². The number of primary amides is 1. The Balaban J connectivity index is 1.42. The second-order valence-electron chi connectivity index (χ2n) is 7.39. The Morgan fingerprint density at radius 3 is 2.46 bits per heavy atom. The number of esters is 1. The van der Waals surface area contributed by atoms with Crippen LogP contribution in [-0.2, 0) is 14.3 Å². The molecule has 9 heteroatoms. The van der Waals surface area contributed by atoms with Crippen LogP contribution >= 0.6 is 0 Å². The molecule has 4 rings (SSSR count). The second kappa shape index (κ2) is 10.7. The Morgan fingerprint density at radius 2 is 1.77 bits per heavy atom. The third-order valence-corrected chi connectivity index (χ3v) is 4.90. The minimum Gasteiger partial charge on any atom is -0.452 e. The molecule has 0 aliphatic carbocycles. The van der Waals surface area contributed by atoms with E-state index in [1.165, 1.54) is 30.3 Å². The van der Waals surface area contributed by atoms with Gasteiger partial charge in [-0.15, -0.1) is 0 Å². The smallest absolute Gasteiger partial charge is 0.331 e. The number of aromatic nitrogens is 3. The van der Waals surface area contributed by atoms with E-state index in [2.05, 4.69) is 15.4 Å². The Labute approximate surface area is 200 Å². The fourth-order valence-electron chi connectivity index (χ4n) is 3.21. The summed E-state index contributed by atoms with van der Waals surface area (Å²) in [6, 6.07) is 19.3. The fourth-order valence-corrected chi connectivity index (χ4v) is 3.21. The standard InChI is InChI=1S/C26H21N5O4/c27-26(34)18-8-11-21(12-9-18)29-23(32)17-35-24(33)13-10-20-16-31(22-6-2-1-3-7-22)30-25(20)19-5-4-14-28-15-19/h1-16H,17H2,(H2,27,34)(H,29,32)/b13-10+. The van der Waals surface area contributed by atoms with Gasteiger partial charge in [-0.3, -0.25) is 14.6 Å². The molecule has 2 aromatic carbocycles. The maximum Gasteiger partial charge on any atom is 0.331 e. The quantitative estimate of drug-likeness (QED) is 0.302. The molecule has 35 heavy (non-hydrogen) atoms. The minimum atomic E-state index is -0.686. The van der Waals surface area contributed by atoms with E-state index in [0.717, 1.165) is 11.3 Å². The maximum absolute atomic E-state index is 12.2. The van der Waals surface area contributed by atoms with Gasteiger partial charge in [-0.05, 0) is 54.6 Å². The molecule has 174 valence electrons. The van der Waals surface area contributed by atoms with Gasteiger partial charge in [0.25, 0.3) is 5.91 Å². The van der Waals surface area contributed by atoms with Crippen molar-refractivity contribution in [3.05, 3.63) is 103 Å². The van der Waals surface area contributed by atoms with Gasteiger partial charge in [-0.25, -0.2) is 9.48 Å². The number of carbonyl (C=O) groups is 3. The second-order valence-corrected chi connectivity index (χ2v) is 7.39. The van der Waals surface area contributed by atoms with Crippen molar-refractivity contribution in [1.29, 1.82) is 0 Å². The van der Waals surface area contributed by atoms with Crippen LogP contribution in [-0.4, -0.2) is 39.2 Å². The van der Waals surface area contributed by atoms with Gasteiger partial charge in [-0.1, -0.05) is 18.2 Å². The van der Waals surface area contributed by atoms with E-state index >= 15 is 0 Å². The van der Waals surface area contributed by atoms with Crippen LogP contribution in [0.15, 0.2) is 91.4 Å². The van der Waals surface area contributed by atoms with Gasteiger partial charge < -0.3 is 15.8 Å². The molecule has 0 saturated heterocycles. The summed E-state index contributed by atoms with van der Waals surface area (Å²) in [4.78, 5) is 39.6. The van der Waals surface area contributed by atoms with E-state index in [4.69, 9.17) is 10.5 Å². The lowest BCUT2D eigenvalue weighted by atomic mass is 10.1. The third-order valence-electron chi connectivity index (χ3n) is 4.90. The maximum atomic E-state index is 12.2. The van der Waals surface area contributed by atoms with Crippen molar-refractivity contribution in [2.75, 3.05) is 11.9 Å². The van der Waals surface area contributed by atoms with Crippen LogP contribution in [0.3, 0.4) is 0 Å². The largest absolute Gasteiger partial charge is 0.452 e. The number of amides is 2. The zero-order chi connectivity index (χ0) is 24.6. The molecule has 0 fully saturated rings. The number of hydrogen-bond acceptors (Lipinski definition) is 6. The lowest BCUT2D eigenvalue weighted by Crippen LogP contribution is -2.20. The molecule has 3 N–H and O–H groups in total. The van der Waals surface area contributed by atoms with Gasteiger partial charge in [0.2, 0.25) is 5.91 Å². The third kappa shape index (κ3) is 6.05. The molecular weight excluding hydrogens is 446 g/mol. The van der Waals surface area contributed by atoms with Gasteiger partial charge in [-0.2, -0.15) is 5.10 Å². The van der Waals surface area contributed by atoms with Gasteiger partial charge in [0.15, 0.2) is 6.61 Å². The topological polar surface area (TPSA) is 129 Å². The molecule has 0 radical (unpaired) electrons. The molecule has 9 nitrogen and oxygen atoms in total. The molecule has 2 heterocycles. The summed E-state index contributed by atoms with van der Waals surface area (Å²) in [6.45, 7) is -0.473. The highest BCUT2D eigenvalue weighted by Crippen LogP contribution is 2.24. The van der Waals surface area contributed by atoms with E-state index < -0.39 is 24.4 Å². The Hall–Kier alpha value is -5.05. The summed E-state index contributed by atoms with van der Waals surface area (Å²) >= 11 is 0. The first-order valence-electron chi connectivity index (χ1n) is 10.6. The highest BCUT2D eigenvalue weighted by Gasteiger charge is 2.12. The summed E-state index contributed by atoms with van der Waals surface area (Å²) in [5.41, 5.74) is 8.93. The summed E-state index contributed by atoms with van der Waals surface area (Å²) in [7, 11) is 0. The summed E-state index contributed by atoms with van der Waals surface area (Å²) in [5, 5.41) is 7.22. The normalized spacial score (nSPS) is 10.7. The van der Waals surface area contributed by atoms with Crippen LogP contribution in [0, 0.1) is 0 Å². The van der Waals surface area contributed by atoms with Gasteiger partial charge in [0.1, 0.15) is 5.69 Å². The zero-order valence-electron chi connectivity index (χ0n) is 18.5. The van der Waals surface area contributed by atoms with E-state index in [9.17, 15) is 14.4 Å². The average molecular weight is 467 g/mol. The lowest BCUT2D eigenvalue weighted by molar-refractivity contribution is -0.142. The highest BCUT2D eigenvalue weighted by atomic mass is 16.5. The first kappa shape index (κ1) is 23.1. The number of hydrogen-bond donors (Lipinski definition) is 2. The Bertz CT molecular complexity index is 1360. The summed E-state index contributed by atoms with van der Waals surface area (Å²) in [6.07, 6.45) is 7.97. The fraction of sp³-hybridized carbons (Fsp3) is 0.0385. The molecule has 2 aromatic heterocycles. The average Bonchev–Trinajstić information content (AvgIpc) is 3.32. The Kier molecular flexibility index (Phi) is 7.08. The zero-order valence-corrected chi connectivity index (χ0v) is 18.5. The number of para-hydroxylation sites is 1. The molecule has 2 amide bonds. The van der Waals surface area contributed by atoms with Crippen molar-refractivity contribution in [2.24, 2.45) is 5.73 Å². The monoisotopic (exact) mass is 467 g/mol. The SMILES string of the molecule is NC(=O)c1ccc(NC(=O)COC(=O)/C=C/c2cn(-c3ccccc3)nc2-c2cccnc2)cc1.